The maximum absolute atomic E-state index is 13.5. The van der Waals surface area contributed by atoms with Gasteiger partial charge in [-0.25, -0.2) is 13.8 Å². The molecule has 0 bridgehead atoms. The van der Waals surface area contributed by atoms with Crippen LogP contribution in [0, 0.1) is 11.6 Å². The van der Waals surface area contributed by atoms with E-state index in [-0.39, 0.29) is 18.1 Å². The van der Waals surface area contributed by atoms with Crippen molar-refractivity contribution in [3.8, 4) is 11.5 Å². The van der Waals surface area contributed by atoms with Crippen LogP contribution in [-0.2, 0) is 6.54 Å². The summed E-state index contributed by atoms with van der Waals surface area (Å²) in [6.07, 6.45) is 1.64. The zero-order valence-corrected chi connectivity index (χ0v) is 16.3. The van der Waals surface area contributed by atoms with E-state index in [4.69, 9.17) is 9.47 Å². The Morgan fingerprint density at radius 2 is 1.84 bits per heavy atom. The molecule has 0 saturated heterocycles. The number of aromatic nitrogens is 1. The lowest BCUT2D eigenvalue weighted by atomic mass is 10.2. The van der Waals surface area contributed by atoms with E-state index >= 15 is 0 Å². The Morgan fingerprint density at radius 3 is 2.61 bits per heavy atom. The molecule has 1 aromatic heterocycles. The number of fused-ring (bicyclic) bond motifs is 1. The molecule has 1 aliphatic rings. The van der Waals surface area contributed by atoms with Crippen molar-refractivity contribution >= 4 is 17.6 Å². The predicted octanol–water partition coefficient (Wildman–Crippen LogP) is 3.53. The number of guanidine groups is 1. The fraction of sp³-hybridized carbons (Fsp3) is 0.136. The molecule has 9 heteroatoms. The smallest absolute Gasteiger partial charge is 0.258 e. The first kappa shape index (κ1) is 20.3. The number of hydrogen-bond acceptors (Lipinski definition) is 5. The van der Waals surface area contributed by atoms with Crippen molar-refractivity contribution in [1.29, 1.82) is 0 Å². The van der Waals surface area contributed by atoms with Crippen molar-refractivity contribution < 1.29 is 23.0 Å². The lowest BCUT2D eigenvalue weighted by Gasteiger charge is -2.19. The van der Waals surface area contributed by atoms with Crippen LogP contribution < -0.4 is 20.1 Å². The van der Waals surface area contributed by atoms with Gasteiger partial charge in [-0.05, 0) is 42.5 Å². The molecule has 7 nitrogen and oxygen atoms in total. The molecule has 2 heterocycles. The fourth-order valence-electron chi connectivity index (χ4n) is 2.84. The number of benzene rings is 2. The number of anilines is 1. The van der Waals surface area contributed by atoms with Crippen molar-refractivity contribution in [2.75, 3.05) is 18.5 Å². The normalized spacial score (nSPS) is 12.9. The van der Waals surface area contributed by atoms with E-state index in [1.54, 1.807) is 36.5 Å². The minimum Gasteiger partial charge on any atom is -0.486 e. The monoisotopic (exact) mass is 424 g/mol. The van der Waals surface area contributed by atoms with Crippen molar-refractivity contribution in [3.63, 3.8) is 0 Å². The van der Waals surface area contributed by atoms with Crippen LogP contribution in [-0.4, -0.2) is 30.1 Å². The summed E-state index contributed by atoms with van der Waals surface area (Å²) in [5, 5.41) is 5.60. The maximum Gasteiger partial charge on any atom is 0.258 e. The molecule has 3 aromatic rings. The molecule has 0 radical (unpaired) electrons. The summed E-state index contributed by atoms with van der Waals surface area (Å²) in [5.74, 6) is -1.50. The van der Waals surface area contributed by atoms with Gasteiger partial charge in [-0.3, -0.25) is 15.1 Å². The van der Waals surface area contributed by atoms with E-state index in [2.05, 4.69) is 20.6 Å². The SMILES string of the molecule is O=C(NC(=NCc1ccccn1)Nc1ccc2c(c1)OCCO2)c1ccc(F)c(F)c1. The summed E-state index contributed by atoms with van der Waals surface area (Å²) < 4.78 is 37.8. The van der Waals surface area contributed by atoms with Gasteiger partial charge in [0, 0.05) is 23.5 Å². The fourth-order valence-corrected chi connectivity index (χ4v) is 2.84. The second kappa shape index (κ2) is 9.21. The quantitative estimate of drug-likeness (QED) is 0.495. The molecule has 0 saturated carbocycles. The van der Waals surface area contributed by atoms with E-state index in [1.807, 2.05) is 6.07 Å². The van der Waals surface area contributed by atoms with Crippen LogP contribution >= 0.6 is 0 Å². The van der Waals surface area contributed by atoms with Gasteiger partial charge < -0.3 is 14.8 Å². The number of halogens is 2. The van der Waals surface area contributed by atoms with E-state index in [0.717, 1.165) is 12.1 Å². The Bertz CT molecular complexity index is 1120. The van der Waals surface area contributed by atoms with Crippen molar-refractivity contribution in [2.24, 2.45) is 4.99 Å². The first-order chi connectivity index (χ1) is 15.1. The van der Waals surface area contributed by atoms with E-state index < -0.39 is 17.5 Å². The van der Waals surface area contributed by atoms with Gasteiger partial charge in [-0.15, -0.1) is 0 Å². The average Bonchev–Trinajstić information content (AvgIpc) is 2.80. The lowest BCUT2D eigenvalue weighted by Crippen LogP contribution is -2.36. The van der Waals surface area contributed by atoms with Gasteiger partial charge in [0.1, 0.15) is 13.2 Å². The number of pyridine rings is 1. The van der Waals surface area contributed by atoms with Gasteiger partial charge in [-0.1, -0.05) is 6.07 Å². The zero-order valence-electron chi connectivity index (χ0n) is 16.3. The summed E-state index contributed by atoms with van der Waals surface area (Å²) in [6, 6.07) is 13.5. The third-order valence-electron chi connectivity index (χ3n) is 4.34. The summed E-state index contributed by atoms with van der Waals surface area (Å²) in [4.78, 5) is 21.1. The summed E-state index contributed by atoms with van der Waals surface area (Å²) in [6.45, 7) is 1.09. The number of nitrogens with one attached hydrogen (secondary N) is 2. The molecule has 158 valence electrons. The third-order valence-corrected chi connectivity index (χ3v) is 4.34. The largest absolute Gasteiger partial charge is 0.486 e. The number of hydrogen-bond donors (Lipinski definition) is 2. The first-order valence-electron chi connectivity index (χ1n) is 9.46. The molecule has 0 aliphatic carbocycles. The molecule has 0 spiro atoms. The molecule has 4 rings (SSSR count). The second-order valence-electron chi connectivity index (χ2n) is 6.55. The molecule has 2 aromatic carbocycles. The van der Waals surface area contributed by atoms with Gasteiger partial charge in [0.15, 0.2) is 23.1 Å². The third kappa shape index (κ3) is 5.13. The van der Waals surface area contributed by atoms with Gasteiger partial charge in [-0.2, -0.15) is 0 Å². The summed E-state index contributed by atoms with van der Waals surface area (Å²) in [7, 11) is 0. The number of nitrogens with zero attached hydrogens (tertiary/aromatic N) is 2. The highest BCUT2D eigenvalue weighted by molar-refractivity contribution is 6.10. The van der Waals surface area contributed by atoms with Gasteiger partial charge in [0.05, 0.1) is 12.2 Å². The molecule has 0 fully saturated rings. The Hall–Kier alpha value is -4.01. The van der Waals surface area contributed by atoms with Gasteiger partial charge >= 0.3 is 0 Å². The van der Waals surface area contributed by atoms with E-state index in [9.17, 15) is 13.6 Å². The number of carbonyl (C=O) groups excluding carboxylic acids is 1. The topological polar surface area (TPSA) is 84.8 Å². The number of aliphatic imine (C=N–C) groups is 1. The number of carbonyl (C=O) groups is 1. The van der Waals surface area contributed by atoms with Crippen LogP contribution in [0.3, 0.4) is 0 Å². The average molecular weight is 424 g/mol. The molecule has 0 unspecified atom stereocenters. The predicted molar refractivity (Wildman–Crippen MR) is 110 cm³/mol. The zero-order chi connectivity index (χ0) is 21.6. The molecular formula is C22H18F2N4O3. The molecular weight excluding hydrogens is 406 g/mol. The Morgan fingerprint density at radius 1 is 1.00 bits per heavy atom. The van der Waals surface area contributed by atoms with Crippen LogP contribution in [0.15, 0.2) is 65.8 Å². The molecule has 0 atom stereocenters. The van der Waals surface area contributed by atoms with E-state index in [0.29, 0.717) is 36.1 Å². The molecule has 2 N–H and O–H groups in total. The van der Waals surface area contributed by atoms with Crippen molar-refractivity contribution in [2.45, 2.75) is 6.54 Å². The molecule has 31 heavy (non-hydrogen) atoms. The van der Waals surface area contributed by atoms with Gasteiger partial charge in [0.2, 0.25) is 5.96 Å². The minimum atomic E-state index is -1.11. The summed E-state index contributed by atoms with van der Waals surface area (Å²) in [5.41, 5.74) is 1.23. The Balaban J connectivity index is 1.56. The standard InChI is InChI=1S/C22H18F2N4O3/c23-17-6-4-14(11-18(17)24)21(29)28-22(26-13-16-3-1-2-8-25-16)27-15-5-7-19-20(12-15)31-10-9-30-19/h1-8,11-12H,9-10,13H2,(H2,26,27,28,29). The second-order valence-corrected chi connectivity index (χ2v) is 6.55. The highest BCUT2D eigenvalue weighted by Crippen LogP contribution is 2.32. The lowest BCUT2D eigenvalue weighted by molar-refractivity contribution is 0.0976. The Labute approximate surface area is 176 Å². The van der Waals surface area contributed by atoms with Crippen LogP contribution in [0.5, 0.6) is 11.5 Å². The molecule has 1 amide bonds. The first-order valence-corrected chi connectivity index (χ1v) is 9.46. The maximum atomic E-state index is 13.5. The van der Waals surface area contributed by atoms with Crippen molar-refractivity contribution in [1.82, 2.24) is 10.3 Å². The number of ether oxygens (including phenoxy) is 2. The highest BCUT2D eigenvalue weighted by atomic mass is 19.2. The number of rotatable bonds is 4. The molecule has 1 aliphatic heterocycles. The highest BCUT2D eigenvalue weighted by Gasteiger charge is 2.15. The van der Waals surface area contributed by atoms with Crippen LogP contribution in [0.1, 0.15) is 16.1 Å². The Kier molecular flexibility index (Phi) is 6.02. The van der Waals surface area contributed by atoms with Gasteiger partial charge in [0.25, 0.3) is 5.91 Å². The minimum absolute atomic E-state index is 0.0478. The van der Waals surface area contributed by atoms with Crippen LogP contribution in [0.25, 0.3) is 0 Å². The van der Waals surface area contributed by atoms with Crippen molar-refractivity contribution in [3.05, 3.63) is 83.7 Å². The summed E-state index contributed by atoms with van der Waals surface area (Å²) >= 11 is 0. The number of amides is 1. The van der Waals surface area contributed by atoms with E-state index in [1.165, 1.54) is 6.07 Å². The van der Waals surface area contributed by atoms with Crippen LogP contribution in [0.4, 0.5) is 14.5 Å². The van der Waals surface area contributed by atoms with Crippen LogP contribution in [0.2, 0.25) is 0 Å².